The molecule has 0 bridgehead atoms. The standard InChI is InChI=1S/C10H10Cl2N2O4/c11-6-3-5(4-7(12)9(6)17)14-10(18)13-2-1-8(15)16/h3-4,17H,1-2H2,(H,15,16)(H2,13,14,18). The molecule has 0 saturated carbocycles. The van der Waals surface area contributed by atoms with Gasteiger partial charge in [0, 0.05) is 12.2 Å². The van der Waals surface area contributed by atoms with Gasteiger partial charge in [-0.2, -0.15) is 0 Å². The van der Waals surface area contributed by atoms with Crippen LogP contribution in [0.5, 0.6) is 5.75 Å². The molecule has 0 atom stereocenters. The zero-order valence-corrected chi connectivity index (χ0v) is 10.5. The number of urea groups is 1. The summed E-state index contributed by atoms with van der Waals surface area (Å²) >= 11 is 11.3. The summed E-state index contributed by atoms with van der Waals surface area (Å²) in [7, 11) is 0. The molecule has 2 amide bonds. The van der Waals surface area contributed by atoms with Gasteiger partial charge in [0.2, 0.25) is 0 Å². The van der Waals surface area contributed by atoms with E-state index in [4.69, 9.17) is 28.3 Å². The van der Waals surface area contributed by atoms with E-state index >= 15 is 0 Å². The molecule has 6 nitrogen and oxygen atoms in total. The van der Waals surface area contributed by atoms with E-state index in [-0.39, 0.29) is 34.4 Å². The van der Waals surface area contributed by atoms with E-state index in [0.717, 1.165) is 0 Å². The van der Waals surface area contributed by atoms with Crippen molar-refractivity contribution in [1.82, 2.24) is 5.32 Å². The lowest BCUT2D eigenvalue weighted by molar-refractivity contribution is -0.136. The minimum absolute atomic E-state index is 0.000709. The van der Waals surface area contributed by atoms with Crippen LogP contribution in [0.3, 0.4) is 0 Å². The van der Waals surface area contributed by atoms with Gasteiger partial charge >= 0.3 is 12.0 Å². The van der Waals surface area contributed by atoms with E-state index in [0.29, 0.717) is 0 Å². The minimum atomic E-state index is -1.01. The third-order valence-electron chi connectivity index (χ3n) is 1.90. The van der Waals surface area contributed by atoms with Crippen LogP contribution >= 0.6 is 23.2 Å². The predicted octanol–water partition coefficient (Wildman–Crippen LogP) is 2.30. The summed E-state index contributed by atoms with van der Waals surface area (Å²) in [6.07, 6.45) is -0.176. The molecule has 0 unspecified atom stereocenters. The third-order valence-corrected chi connectivity index (χ3v) is 2.48. The molecule has 1 rings (SSSR count). The number of aliphatic carboxylic acids is 1. The predicted molar refractivity (Wildman–Crippen MR) is 67.4 cm³/mol. The Balaban J connectivity index is 2.57. The Hall–Kier alpha value is -1.66. The molecule has 0 fully saturated rings. The van der Waals surface area contributed by atoms with Crippen molar-refractivity contribution < 1.29 is 19.8 Å². The Kier molecular flexibility index (Phi) is 5.06. The van der Waals surface area contributed by atoms with E-state index < -0.39 is 12.0 Å². The number of aromatic hydroxyl groups is 1. The highest BCUT2D eigenvalue weighted by atomic mass is 35.5. The van der Waals surface area contributed by atoms with Gasteiger partial charge in [-0.15, -0.1) is 0 Å². The zero-order chi connectivity index (χ0) is 13.7. The van der Waals surface area contributed by atoms with Crippen molar-refractivity contribution in [2.75, 3.05) is 11.9 Å². The van der Waals surface area contributed by atoms with E-state index in [1.807, 2.05) is 0 Å². The van der Waals surface area contributed by atoms with E-state index in [1.165, 1.54) is 12.1 Å². The lowest BCUT2D eigenvalue weighted by Crippen LogP contribution is -2.30. The molecule has 0 spiro atoms. The molecule has 0 aliphatic rings. The Bertz CT molecular complexity index is 456. The number of carbonyl (C=O) groups excluding carboxylic acids is 1. The van der Waals surface area contributed by atoms with E-state index in [2.05, 4.69) is 10.6 Å². The number of carbonyl (C=O) groups is 2. The zero-order valence-electron chi connectivity index (χ0n) is 9.04. The number of carboxylic acids is 1. The van der Waals surface area contributed by atoms with Gasteiger partial charge in [0.25, 0.3) is 0 Å². The smallest absolute Gasteiger partial charge is 0.319 e. The van der Waals surface area contributed by atoms with Gasteiger partial charge in [0.15, 0.2) is 5.75 Å². The van der Waals surface area contributed by atoms with Gasteiger partial charge in [0.1, 0.15) is 0 Å². The number of hydrogen-bond donors (Lipinski definition) is 4. The number of nitrogens with one attached hydrogen (secondary N) is 2. The maximum Gasteiger partial charge on any atom is 0.319 e. The van der Waals surface area contributed by atoms with Gasteiger partial charge < -0.3 is 20.8 Å². The summed E-state index contributed by atoms with van der Waals surface area (Å²) in [5.41, 5.74) is 0.288. The van der Waals surface area contributed by atoms with Crippen molar-refractivity contribution in [1.29, 1.82) is 0 Å². The number of benzene rings is 1. The second-order valence-corrected chi connectivity index (χ2v) is 4.13. The molecule has 18 heavy (non-hydrogen) atoms. The largest absolute Gasteiger partial charge is 0.505 e. The monoisotopic (exact) mass is 292 g/mol. The average molecular weight is 293 g/mol. The van der Waals surface area contributed by atoms with Crippen molar-refractivity contribution >= 4 is 40.9 Å². The fourth-order valence-electron chi connectivity index (χ4n) is 1.10. The Morgan fingerprint density at radius 1 is 1.22 bits per heavy atom. The van der Waals surface area contributed by atoms with Crippen molar-refractivity contribution in [3.63, 3.8) is 0 Å². The van der Waals surface area contributed by atoms with E-state index in [9.17, 15) is 14.7 Å². The summed E-state index contributed by atoms with van der Waals surface area (Å²) in [4.78, 5) is 21.6. The van der Waals surface area contributed by atoms with Crippen molar-refractivity contribution in [3.05, 3.63) is 22.2 Å². The molecule has 0 aromatic heterocycles. The van der Waals surface area contributed by atoms with Crippen LogP contribution in [0.4, 0.5) is 10.5 Å². The van der Waals surface area contributed by atoms with Crippen LogP contribution in [0.1, 0.15) is 6.42 Å². The van der Waals surface area contributed by atoms with Crippen molar-refractivity contribution in [2.45, 2.75) is 6.42 Å². The summed E-state index contributed by atoms with van der Waals surface area (Å²) in [5.74, 6) is -1.28. The Morgan fingerprint density at radius 2 is 1.78 bits per heavy atom. The average Bonchev–Trinajstić information content (AvgIpc) is 2.25. The number of phenolic OH excluding ortho intramolecular Hbond substituents is 1. The maximum atomic E-state index is 11.3. The number of halogens is 2. The maximum absolute atomic E-state index is 11.3. The van der Waals surface area contributed by atoms with Gasteiger partial charge in [-0.3, -0.25) is 4.79 Å². The van der Waals surface area contributed by atoms with Crippen LogP contribution in [0, 0.1) is 0 Å². The molecule has 0 aliphatic heterocycles. The van der Waals surface area contributed by atoms with E-state index in [1.54, 1.807) is 0 Å². The molecule has 1 aromatic carbocycles. The fraction of sp³-hybridized carbons (Fsp3) is 0.200. The second-order valence-electron chi connectivity index (χ2n) is 3.31. The van der Waals surface area contributed by atoms with Crippen molar-refractivity contribution in [3.8, 4) is 5.75 Å². The number of amides is 2. The number of phenols is 1. The molecule has 8 heteroatoms. The highest BCUT2D eigenvalue weighted by Crippen LogP contribution is 2.34. The van der Waals surface area contributed by atoms with Gasteiger partial charge in [-0.25, -0.2) is 4.79 Å². The highest BCUT2D eigenvalue weighted by molar-refractivity contribution is 6.37. The van der Waals surface area contributed by atoms with Crippen LogP contribution in [0.15, 0.2) is 12.1 Å². The lowest BCUT2D eigenvalue weighted by Gasteiger charge is -2.08. The Morgan fingerprint density at radius 3 is 2.28 bits per heavy atom. The molecule has 0 saturated heterocycles. The fourth-order valence-corrected chi connectivity index (χ4v) is 1.58. The summed E-state index contributed by atoms with van der Waals surface area (Å²) in [5, 5.41) is 22.4. The third kappa shape index (κ3) is 4.31. The van der Waals surface area contributed by atoms with Crippen LogP contribution in [-0.4, -0.2) is 28.8 Å². The first-order valence-electron chi connectivity index (χ1n) is 4.85. The van der Waals surface area contributed by atoms with Crippen LogP contribution in [0.2, 0.25) is 10.0 Å². The quantitative estimate of drug-likeness (QED) is 0.640. The SMILES string of the molecule is O=C(O)CCNC(=O)Nc1cc(Cl)c(O)c(Cl)c1. The molecular formula is C10H10Cl2N2O4. The molecule has 1 aromatic rings. The minimum Gasteiger partial charge on any atom is -0.505 e. The van der Waals surface area contributed by atoms with Crippen molar-refractivity contribution in [2.24, 2.45) is 0 Å². The van der Waals surface area contributed by atoms with Crippen LogP contribution in [0.25, 0.3) is 0 Å². The number of rotatable bonds is 4. The van der Waals surface area contributed by atoms with Gasteiger partial charge in [-0.1, -0.05) is 23.2 Å². The first kappa shape index (κ1) is 14.4. The molecule has 98 valence electrons. The normalized spacial score (nSPS) is 9.89. The summed E-state index contributed by atoms with van der Waals surface area (Å²) in [6.45, 7) is 0.000709. The Labute approximate surface area is 113 Å². The lowest BCUT2D eigenvalue weighted by atomic mass is 10.3. The van der Waals surface area contributed by atoms with Crippen LogP contribution in [-0.2, 0) is 4.79 Å². The number of anilines is 1. The summed E-state index contributed by atoms with van der Waals surface area (Å²) < 4.78 is 0. The molecular weight excluding hydrogens is 283 g/mol. The molecule has 4 N–H and O–H groups in total. The van der Waals surface area contributed by atoms with Crippen LogP contribution < -0.4 is 10.6 Å². The molecule has 0 radical (unpaired) electrons. The molecule has 0 aliphatic carbocycles. The highest BCUT2D eigenvalue weighted by Gasteiger charge is 2.09. The molecule has 0 heterocycles. The second kappa shape index (κ2) is 6.32. The van der Waals surface area contributed by atoms with Gasteiger partial charge in [-0.05, 0) is 12.1 Å². The van der Waals surface area contributed by atoms with Gasteiger partial charge in [0.05, 0.1) is 16.5 Å². The number of hydrogen-bond acceptors (Lipinski definition) is 3. The first-order valence-corrected chi connectivity index (χ1v) is 5.60. The first-order chi connectivity index (χ1) is 8.40. The number of carboxylic acid groups (broad SMARTS) is 1. The summed E-state index contributed by atoms with van der Waals surface area (Å²) in [6, 6.07) is 2.05. The topological polar surface area (TPSA) is 98.7 Å².